The number of halogens is 2. The number of H-pyrrole nitrogens is 1. The van der Waals surface area contributed by atoms with E-state index in [2.05, 4.69) is 15.3 Å². The number of pyridine rings is 1. The largest absolute Gasteiger partial charge is 0.348 e. The van der Waals surface area contributed by atoms with Gasteiger partial charge in [-0.05, 0) is 30.3 Å². The van der Waals surface area contributed by atoms with E-state index in [-0.39, 0.29) is 18.0 Å². The molecule has 7 heteroatoms. The van der Waals surface area contributed by atoms with Crippen molar-refractivity contribution in [1.82, 2.24) is 15.3 Å². The highest BCUT2D eigenvalue weighted by Gasteiger charge is 2.14. The van der Waals surface area contributed by atoms with E-state index >= 15 is 0 Å². The molecule has 3 heterocycles. The van der Waals surface area contributed by atoms with Gasteiger partial charge in [0.2, 0.25) is 0 Å². The second-order valence-electron chi connectivity index (χ2n) is 5.68. The van der Waals surface area contributed by atoms with E-state index in [0.29, 0.717) is 10.6 Å². The predicted octanol–water partition coefficient (Wildman–Crippen LogP) is 5.01. The molecule has 3 aromatic heterocycles. The Kier molecular flexibility index (Phi) is 4.44. The normalized spacial score (nSPS) is 11.0. The van der Waals surface area contributed by atoms with Crippen LogP contribution in [0.3, 0.4) is 0 Å². The maximum atomic E-state index is 13.8. The van der Waals surface area contributed by atoms with Gasteiger partial charge in [0.1, 0.15) is 11.5 Å². The van der Waals surface area contributed by atoms with Crippen LogP contribution in [0.2, 0.25) is 5.02 Å². The summed E-state index contributed by atoms with van der Waals surface area (Å²) in [6.07, 6.45) is 3.61. The summed E-state index contributed by atoms with van der Waals surface area (Å²) in [6.45, 7) is 0.0343. The molecule has 0 fully saturated rings. The second kappa shape index (κ2) is 6.90. The van der Waals surface area contributed by atoms with Crippen LogP contribution in [-0.2, 0) is 6.54 Å². The molecule has 130 valence electrons. The number of thiophene rings is 1. The Bertz CT molecular complexity index is 1080. The zero-order chi connectivity index (χ0) is 18.1. The molecule has 0 aliphatic carbocycles. The number of hydrogen-bond donors (Lipinski definition) is 2. The van der Waals surface area contributed by atoms with Gasteiger partial charge in [0.15, 0.2) is 0 Å². The topological polar surface area (TPSA) is 57.8 Å². The number of carbonyl (C=O) groups excluding carboxylic acids is 1. The van der Waals surface area contributed by atoms with Gasteiger partial charge in [-0.2, -0.15) is 0 Å². The highest BCUT2D eigenvalue weighted by molar-refractivity contribution is 7.14. The van der Waals surface area contributed by atoms with Gasteiger partial charge >= 0.3 is 0 Å². The molecule has 4 aromatic rings. The van der Waals surface area contributed by atoms with Crippen molar-refractivity contribution < 1.29 is 9.18 Å². The van der Waals surface area contributed by atoms with E-state index in [1.165, 1.54) is 23.5 Å². The molecule has 0 unspecified atom stereocenters. The van der Waals surface area contributed by atoms with Crippen LogP contribution in [0.25, 0.3) is 21.5 Å². The summed E-state index contributed by atoms with van der Waals surface area (Å²) < 4.78 is 13.8. The van der Waals surface area contributed by atoms with Crippen molar-refractivity contribution in [3.8, 4) is 10.4 Å². The Hall–Kier alpha value is -2.70. The molecule has 26 heavy (non-hydrogen) atoms. The van der Waals surface area contributed by atoms with Crippen LogP contribution in [0.15, 0.2) is 54.2 Å². The van der Waals surface area contributed by atoms with Crippen LogP contribution in [0.5, 0.6) is 0 Å². The van der Waals surface area contributed by atoms with Crippen LogP contribution in [0.4, 0.5) is 4.39 Å². The average molecular weight is 386 g/mol. The molecule has 0 saturated carbocycles. The monoisotopic (exact) mass is 385 g/mol. The number of carbonyl (C=O) groups is 1. The zero-order valence-corrected chi connectivity index (χ0v) is 15.0. The lowest BCUT2D eigenvalue weighted by Gasteiger charge is -2.07. The van der Waals surface area contributed by atoms with E-state index in [4.69, 9.17) is 11.6 Å². The first-order chi connectivity index (χ1) is 12.6. The molecule has 4 nitrogen and oxygen atoms in total. The second-order valence-corrected chi connectivity index (χ2v) is 7.00. The highest BCUT2D eigenvalue weighted by atomic mass is 35.5. The third kappa shape index (κ3) is 3.09. The van der Waals surface area contributed by atoms with Gasteiger partial charge < -0.3 is 10.3 Å². The first-order valence-electron chi connectivity index (χ1n) is 7.85. The number of rotatable bonds is 4. The maximum absolute atomic E-state index is 13.8. The van der Waals surface area contributed by atoms with Crippen LogP contribution in [0, 0.1) is 5.82 Å². The third-order valence-corrected chi connectivity index (χ3v) is 5.38. The van der Waals surface area contributed by atoms with Crippen molar-refractivity contribution in [2.24, 2.45) is 0 Å². The summed E-state index contributed by atoms with van der Waals surface area (Å²) in [5.74, 6) is -0.708. The number of benzene rings is 1. The highest BCUT2D eigenvalue weighted by Crippen LogP contribution is 2.32. The van der Waals surface area contributed by atoms with E-state index in [0.717, 1.165) is 21.5 Å². The van der Waals surface area contributed by atoms with Crippen molar-refractivity contribution in [2.45, 2.75) is 6.54 Å². The number of aromatic amines is 1. The molecule has 4 rings (SSSR count). The SMILES string of the molecule is O=C(NCc1c(F)cccc1Cl)c1csc(-c2c[nH]c3ncccc23)c1. The first-order valence-corrected chi connectivity index (χ1v) is 9.11. The zero-order valence-electron chi connectivity index (χ0n) is 13.4. The van der Waals surface area contributed by atoms with Crippen molar-refractivity contribution in [2.75, 3.05) is 0 Å². The summed E-state index contributed by atoms with van der Waals surface area (Å²) >= 11 is 7.46. The van der Waals surface area contributed by atoms with Crippen LogP contribution >= 0.6 is 22.9 Å². The molecule has 0 spiro atoms. The molecule has 2 N–H and O–H groups in total. The van der Waals surface area contributed by atoms with Gasteiger partial charge in [0, 0.05) is 50.7 Å². The lowest BCUT2D eigenvalue weighted by Crippen LogP contribution is -2.23. The molecular formula is C19H13ClFN3OS. The van der Waals surface area contributed by atoms with Gasteiger partial charge in [0.05, 0.1) is 5.56 Å². The number of fused-ring (bicyclic) bond motifs is 1. The molecule has 0 aliphatic heterocycles. The van der Waals surface area contributed by atoms with Gasteiger partial charge in [-0.25, -0.2) is 9.37 Å². The Balaban J connectivity index is 1.53. The van der Waals surface area contributed by atoms with Gasteiger partial charge in [0.25, 0.3) is 5.91 Å². The van der Waals surface area contributed by atoms with Crippen molar-refractivity contribution in [3.05, 3.63) is 76.1 Å². The van der Waals surface area contributed by atoms with Gasteiger partial charge in [-0.3, -0.25) is 4.79 Å². The molecule has 0 atom stereocenters. The Morgan fingerprint density at radius 3 is 3.04 bits per heavy atom. The molecule has 0 radical (unpaired) electrons. The van der Waals surface area contributed by atoms with Gasteiger partial charge in [-0.1, -0.05) is 17.7 Å². The summed E-state index contributed by atoms with van der Waals surface area (Å²) in [5, 5.41) is 5.79. The number of aromatic nitrogens is 2. The van der Waals surface area contributed by atoms with Crippen LogP contribution in [-0.4, -0.2) is 15.9 Å². The summed E-state index contributed by atoms with van der Waals surface area (Å²) in [5.41, 5.74) is 2.60. The minimum absolute atomic E-state index is 0.0343. The van der Waals surface area contributed by atoms with Crippen LogP contribution < -0.4 is 5.32 Å². The average Bonchev–Trinajstić information content (AvgIpc) is 3.28. The fourth-order valence-corrected chi connectivity index (χ4v) is 3.88. The molecule has 0 saturated heterocycles. The fraction of sp³-hybridized carbons (Fsp3) is 0.0526. The Labute approximate surface area is 157 Å². The predicted molar refractivity (Wildman–Crippen MR) is 102 cm³/mol. The summed E-state index contributed by atoms with van der Waals surface area (Å²) in [4.78, 5) is 20.7. The molecule has 1 aromatic carbocycles. The number of nitrogens with one attached hydrogen (secondary N) is 2. The molecule has 0 bridgehead atoms. The Morgan fingerprint density at radius 1 is 1.31 bits per heavy atom. The molecule has 1 amide bonds. The summed E-state index contributed by atoms with van der Waals surface area (Å²) in [7, 11) is 0. The van der Waals surface area contributed by atoms with E-state index < -0.39 is 5.82 Å². The van der Waals surface area contributed by atoms with Crippen molar-refractivity contribution >= 4 is 39.9 Å². The quantitative estimate of drug-likeness (QED) is 0.518. The number of nitrogens with zero attached hydrogens (tertiary/aromatic N) is 1. The fourth-order valence-electron chi connectivity index (χ4n) is 2.73. The van der Waals surface area contributed by atoms with E-state index in [1.54, 1.807) is 17.6 Å². The first kappa shape index (κ1) is 16.8. The lowest BCUT2D eigenvalue weighted by molar-refractivity contribution is 0.0951. The van der Waals surface area contributed by atoms with Gasteiger partial charge in [-0.15, -0.1) is 11.3 Å². The number of amides is 1. The standard InChI is InChI=1S/C19H13ClFN3OS/c20-15-4-1-5-16(21)14(15)9-24-19(25)11-7-17(26-10-11)13-8-23-18-12(13)3-2-6-22-18/h1-8,10H,9H2,(H,22,23)(H,24,25). The minimum atomic E-state index is -0.435. The minimum Gasteiger partial charge on any atom is -0.348 e. The summed E-state index contributed by atoms with van der Waals surface area (Å²) in [6, 6.07) is 10.1. The third-order valence-electron chi connectivity index (χ3n) is 4.07. The van der Waals surface area contributed by atoms with E-state index in [9.17, 15) is 9.18 Å². The van der Waals surface area contributed by atoms with E-state index in [1.807, 2.05) is 24.4 Å². The molecular weight excluding hydrogens is 373 g/mol. The lowest BCUT2D eigenvalue weighted by atomic mass is 10.1. The smallest absolute Gasteiger partial charge is 0.252 e. The van der Waals surface area contributed by atoms with Crippen molar-refractivity contribution in [1.29, 1.82) is 0 Å². The Morgan fingerprint density at radius 2 is 2.19 bits per heavy atom. The maximum Gasteiger partial charge on any atom is 0.252 e. The van der Waals surface area contributed by atoms with Crippen LogP contribution in [0.1, 0.15) is 15.9 Å². The number of hydrogen-bond acceptors (Lipinski definition) is 3. The molecule has 0 aliphatic rings. The van der Waals surface area contributed by atoms with Crippen molar-refractivity contribution in [3.63, 3.8) is 0 Å².